The first-order valence-electron chi connectivity index (χ1n) is 12.8. The number of hydrogen-bond donors (Lipinski definition) is 1. The fourth-order valence-corrected chi connectivity index (χ4v) is 4.95. The molecular formula is C32H29NO7. The molecule has 1 aliphatic rings. The van der Waals surface area contributed by atoms with Gasteiger partial charge >= 0.3 is 12.1 Å². The van der Waals surface area contributed by atoms with Crippen molar-refractivity contribution in [3.8, 4) is 28.4 Å². The van der Waals surface area contributed by atoms with E-state index in [0.717, 1.165) is 27.8 Å². The zero-order valence-electron chi connectivity index (χ0n) is 22.2. The Kier molecular flexibility index (Phi) is 7.87. The summed E-state index contributed by atoms with van der Waals surface area (Å²) in [5.41, 5.74) is 5.86. The molecule has 1 aliphatic carbocycles. The Labute approximate surface area is 232 Å². The van der Waals surface area contributed by atoms with Crippen molar-refractivity contribution in [3.05, 3.63) is 108 Å². The summed E-state index contributed by atoms with van der Waals surface area (Å²) in [6.07, 6.45) is -0.531. The maximum Gasteiger partial charge on any atom is 0.414 e. The Morgan fingerprint density at radius 2 is 1.43 bits per heavy atom. The van der Waals surface area contributed by atoms with Gasteiger partial charge in [0.2, 0.25) is 0 Å². The summed E-state index contributed by atoms with van der Waals surface area (Å²) >= 11 is 0. The lowest BCUT2D eigenvalue weighted by molar-refractivity contribution is -0.139. The number of carboxylic acid groups (broad SMARTS) is 1. The summed E-state index contributed by atoms with van der Waals surface area (Å²) in [5, 5.41) is 8.86. The van der Waals surface area contributed by atoms with E-state index in [1.807, 2.05) is 24.3 Å². The number of hydrogen-bond acceptors (Lipinski definition) is 6. The van der Waals surface area contributed by atoms with E-state index in [1.165, 1.54) is 12.0 Å². The van der Waals surface area contributed by atoms with Crippen molar-refractivity contribution in [2.45, 2.75) is 12.5 Å². The molecule has 0 unspecified atom stereocenters. The molecule has 0 fully saturated rings. The van der Waals surface area contributed by atoms with Crippen molar-refractivity contribution in [1.29, 1.82) is 0 Å². The van der Waals surface area contributed by atoms with Crippen LogP contribution in [0.1, 0.15) is 22.6 Å². The normalized spacial score (nSPS) is 11.8. The van der Waals surface area contributed by atoms with E-state index in [9.17, 15) is 9.59 Å². The number of anilines is 1. The van der Waals surface area contributed by atoms with E-state index in [1.54, 1.807) is 49.6 Å². The fourth-order valence-electron chi connectivity index (χ4n) is 4.95. The molecule has 0 saturated heterocycles. The van der Waals surface area contributed by atoms with Gasteiger partial charge in [0.25, 0.3) is 0 Å². The lowest BCUT2D eigenvalue weighted by atomic mass is 9.98. The summed E-state index contributed by atoms with van der Waals surface area (Å²) in [6, 6.07) is 28.5. The maximum atomic E-state index is 13.7. The lowest BCUT2D eigenvalue weighted by Crippen LogP contribution is -2.32. The first-order chi connectivity index (χ1) is 19.5. The molecule has 8 heteroatoms. The highest BCUT2D eigenvalue weighted by atomic mass is 16.6. The van der Waals surface area contributed by atoms with Crippen LogP contribution in [0.2, 0.25) is 0 Å². The molecule has 40 heavy (non-hydrogen) atoms. The van der Waals surface area contributed by atoms with Crippen molar-refractivity contribution in [1.82, 2.24) is 0 Å². The number of carbonyl (C=O) groups is 2. The van der Waals surface area contributed by atoms with Gasteiger partial charge in [0.1, 0.15) is 23.9 Å². The predicted molar refractivity (Wildman–Crippen MR) is 150 cm³/mol. The van der Waals surface area contributed by atoms with E-state index in [-0.39, 0.29) is 19.1 Å². The molecule has 0 spiro atoms. The van der Waals surface area contributed by atoms with Crippen molar-refractivity contribution < 1.29 is 33.6 Å². The quantitative estimate of drug-likeness (QED) is 0.259. The van der Waals surface area contributed by atoms with Gasteiger partial charge < -0.3 is 24.1 Å². The number of ether oxygens (including phenoxy) is 4. The Hall–Kier alpha value is -4.98. The average Bonchev–Trinajstić information content (AvgIpc) is 3.31. The average molecular weight is 540 g/mol. The van der Waals surface area contributed by atoms with Gasteiger partial charge in [-0.1, -0.05) is 60.7 Å². The molecule has 0 atom stereocenters. The van der Waals surface area contributed by atoms with E-state index >= 15 is 0 Å². The molecule has 0 saturated carbocycles. The van der Waals surface area contributed by atoms with Gasteiger partial charge in [-0.2, -0.15) is 0 Å². The third kappa shape index (κ3) is 5.56. The molecular weight excluding hydrogens is 510 g/mol. The second kappa shape index (κ2) is 11.8. The predicted octanol–water partition coefficient (Wildman–Crippen LogP) is 6.12. The van der Waals surface area contributed by atoms with Crippen molar-refractivity contribution in [2.24, 2.45) is 0 Å². The summed E-state index contributed by atoms with van der Waals surface area (Å²) in [6.45, 7) is -0.0867. The number of methoxy groups -OCH3 is 2. The number of nitrogens with zero attached hydrogens (tertiary/aromatic N) is 1. The Morgan fingerprint density at radius 1 is 0.800 bits per heavy atom. The van der Waals surface area contributed by atoms with Gasteiger partial charge in [-0.3, -0.25) is 4.90 Å². The number of amides is 1. The third-order valence-electron chi connectivity index (χ3n) is 6.86. The van der Waals surface area contributed by atoms with E-state index in [0.29, 0.717) is 22.9 Å². The highest BCUT2D eigenvalue weighted by Crippen LogP contribution is 2.44. The van der Waals surface area contributed by atoms with Gasteiger partial charge in [0.05, 0.1) is 26.5 Å². The number of rotatable bonds is 10. The zero-order chi connectivity index (χ0) is 28.1. The van der Waals surface area contributed by atoms with Crippen LogP contribution in [0.15, 0.2) is 91.0 Å². The largest absolute Gasteiger partial charge is 0.497 e. The monoisotopic (exact) mass is 539 g/mol. The van der Waals surface area contributed by atoms with Gasteiger partial charge in [-0.25, -0.2) is 9.59 Å². The van der Waals surface area contributed by atoms with Crippen LogP contribution in [-0.2, 0) is 16.1 Å². The number of benzene rings is 4. The van der Waals surface area contributed by atoms with Crippen LogP contribution in [0.3, 0.4) is 0 Å². The summed E-state index contributed by atoms with van der Waals surface area (Å²) in [4.78, 5) is 26.0. The van der Waals surface area contributed by atoms with Crippen LogP contribution in [0, 0.1) is 0 Å². The topological polar surface area (TPSA) is 94.5 Å². The minimum Gasteiger partial charge on any atom is -0.497 e. The summed E-state index contributed by atoms with van der Waals surface area (Å²) in [7, 11) is 3.09. The second-order valence-electron chi connectivity index (χ2n) is 9.25. The summed E-state index contributed by atoms with van der Waals surface area (Å²) < 4.78 is 22.1. The summed E-state index contributed by atoms with van der Waals surface area (Å²) in [5.74, 6) is 0.321. The van der Waals surface area contributed by atoms with Crippen LogP contribution in [0.4, 0.5) is 10.5 Å². The minimum absolute atomic E-state index is 0.0818. The SMILES string of the molecule is COc1ccc(N(Cc2ccc(OCC(=O)O)cc2)C(=O)OCC2c3ccccc3-c3ccccc32)c(OC)c1. The molecule has 8 nitrogen and oxygen atoms in total. The molecule has 4 aromatic rings. The zero-order valence-corrected chi connectivity index (χ0v) is 22.2. The van der Waals surface area contributed by atoms with Crippen LogP contribution >= 0.6 is 0 Å². The number of aliphatic carboxylic acids is 1. The van der Waals surface area contributed by atoms with E-state index in [2.05, 4.69) is 24.3 Å². The molecule has 0 aromatic heterocycles. The second-order valence-corrected chi connectivity index (χ2v) is 9.25. The van der Waals surface area contributed by atoms with Gasteiger partial charge in [-0.15, -0.1) is 0 Å². The van der Waals surface area contributed by atoms with E-state index in [4.69, 9.17) is 24.1 Å². The first-order valence-corrected chi connectivity index (χ1v) is 12.8. The minimum atomic E-state index is -1.06. The number of fused-ring (bicyclic) bond motifs is 3. The molecule has 1 N–H and O–H groups in total. The Morgan fingerprint density at radius 3 is 2.02 bits per heavy atom. The lowest BCUT2D eigenvalue weighted by Gasteiger charge is -2.25. The van der Waals surface area contributed by atoms with Crippen molar-refractivity contribution >= 4 is 17.7 Å². The molecule has 0 bridgehead atoms. The standard InChI is InChI=1S/C32H29NO7/c1-37-23-15-16-29(30(17-23)38-2)33(18-21-11-13-22(14-12-21)39-20-31(34)35)32(36)40-19-28-26-9-5-3-7-24(26)25-8-4-6-10-27(25)28/h3-17,28H,18-20H2,1-2H3,(H,34,35). The van der Waals surface area contributed by atoms with Crippen LogP contribution < -0.4 is 19.1 Å². The molecule has 4 aromatic carbocycles. The Balaban J connectivity index is 1.41. The molecule has 5 rings (SSSR count). The van der Waals surface area contributed by atoms with Crippen molar-refractivity contribution in [2.75, 3.05) is 32.3 Å². The number of carboxylic acids is 1. The highest BCUT2D eigenvalue weighted by molar-refractivity contribution is 5.90. The van der Waals surface area contributed by atoms with Gasteiger partial charge in [0.15, 0.2) is 6.61 Å². The van der Waals surface area contributed by atoms with Crippen LogP contribution in [0.5, 0.6) is 17.2 Å². The molecule has 0 heterocycles. The molecule has 0 aliphatic heterocycles. The fraction of sp³-hybridized carbons (Fsp3) is 0.188. The number of carbonyl (C=O) groups excluding carboxylic acids is 1. The highest BCUT2D eigenvalue weighted by Gasteiger charge is 2.30. The van der Waals surface area contributed by atoms with E-state index < -0.39 is 18.7 Å². The molecule has 1 amide bonds. The molecule has 0 radical (unpaired) electrons. The van der Waals surface area contributed by atoms with Gasteiger partial charge in [0, 0.05) is 12.0 Å². The Bertz CT molecular complexity index is 1470. The third-order valence-corrected chi connectivity index (χ3v) is 6.86. The molecule has 204 valence electrons. The van der Waals surface area contributed by atoms with Crippen LogP contribution in [-0.4, -0.2) is 44.6 Å². The maximum absolute atomic E-state index is 13.7. The first kappa shape index (κ1) is 26.6. The smallest absolute Gasteiger partial charge is 0.414 e. The van der Waals surface area contributed by atoms with Crippen LogP contribution in [0.25, 0.3) is 11.1 Å². The van der Waals surface area contributed by atoms with Gasteiger partial charge in [-0.05, 0) is 52.1 Å². The van der Waals surface area contributed by atoms with Crippen molar-refractivity contribution in [3.63, 3.8) is 0 Å².